The highest BCUT2D eigenvalue weighted by atomic mass is 16.5. The number of anilines is 1. The molecule has 1 aliphatic heterocycles. The molecular formula is C21H22N2O4. The summed E-state index contributed by atoms with van der Waals surface area (Å²) >= 11 is 0. The summed E-state index contributed by atoms with van der Waals surface area (Å²) in [7, 11) is 1.62. The lowest BCUT2D eigenvalue weighted by molar-refractivity contribution is -0.138. The van der Waals surface area contributed by atoms with Crippen LogP contribution in [0.5, 0.6) is 5.75 Å². The van der Waals surface area contributed by atoms with Crippen LogP contribution in [0.25, 0.3) is 0 Å². The van der Waals surface area contributed by atoms with Crippen molar-refractivity contribution in [3.05, 3.63) is 59.7 Å². The van der Waals surface area contributed by atoms with Crippen LogP contribution in [0.15, 0.2) is 48.5 Å². The van der Waals surface area contributed by atoms with Crippen molar-refractivity contribution in [2.75, 3.05) is 19.0 Å². The van der Waals surface area contributed by atoms with Crippen LogP contribution in [0.2, 0.25) is 0 Å². The zero-order valence-corrected chi connectivity index (χ0v) is 15.2. The van der Waals surface area contributed by atoms with Gasteiger partial charge in [-0.1, -0.05) is 30.3 Å². The van der Waals surface area contributed by atoms with Crippen molar-refractivity contribution in [1.82, 2.24) is 4.90 Å². The predicted octanol–water partition coefficient (Wildman–Crippen LogP) is 2.76. The maximum Gasteiger partial charge on any atom is 0.229 e. The minimum atomic E-state index is -0.238. The monoisotopic (exact) mass is 366 g/mol. The SMILES string of the molecule is COc1ccc(NC(=O)CCN2C(=O)CCC2=O)cc1Cc1ccccc1. The first kappa shape index (κ1) is 18.6. The van der Waals surface area contributed by atoms with Crippen LogP contribution in [-0.4, -0.2) is 36.3 Å². The summed E-state index contributed by atoms with van der Waals surface area (Å²) in [5.41, 5.74) is 2.77. The molecule has 6 heteroatoms. The minimum Gasteiger partial charge on any atom is -0.496 e. The molecule has 2 aromatic carbocycles. The number of hydrogen-bond acceptors (Lipinski definition) is 4. The number of ether oxygens (including phenoxy) is 1. The Morgan fingerprint density at radius 1 is 1.07 bits per heavy atom. The van der Waals surface area contributed by atoms with Crippen LogP contribution in [0.3, 0.4) is 0 Å². The van der Waals surface area contributed by atoms with Gasteiger partial charge in [-0.05, 0) is 23.8 Å². The summed E-state index contributed by atoms with van der Waals surface area (Å²) in [6, 6.07) is 15.5. The number of nitrogens with zero attached hydrogens (tertiary/aromatic N) is 1. The van der Waals surface area contributed by atoms with E-state index in [2.05, 4.69) is 5.32 Å². The summed E-state index contributed by atoms with van der Waals surface area (Å²) in [5, 5.41) is 2.83. The van der Waals surface area contributed by atoms with E-state index in [0.29, 0.717) is 12.1 Å². The van der Waals surface area contributed by atoms with E-state index in [1.165, 1.54) is 0 Å². The van der Waals surface area contributed by atoms with E-state index in [0.717, 1.165) is 21.8 Å². The molecule has 0 aliphatic carbocycles. The Bertz CT molecular complexity index is 833. The summed E-state index contributed by atoms with van der Waals surface area (Å²) in [4.78, 5) is 36.6. The number of amides is 3. The highest BCUT2D eigenvalue weighted by Gasteiger charge is 2.28. The fourth-order valence-electron chi connectivity index (χ4n) is 3.12. The topological polar surface area (TPSA) is 75.7 Å². The number of likely N-dealkylation sites (tertiary alicyclic amines) is 1. The summed E-state index contributed by atoms with van der Waals surface area (Å²) in [6.07, 6.45) is 1.24. The van der Waals surface area contributed by atoms with Crippen LogP contribution in [0.1, 0.15) is 30.4 Å². The summed E-state index contributed by atoms with van der Waals surface area (Å²) < 4.78 is 5.42. The molecule has 3 amide bonds. The van der Waals surface area contributed by atoms with Crippen LogP contribution >= 0.6 is 0 Å². The molecule has 0 radical (unpaired) electrons. The Morgan fingerprint density at radius 2 is 1.78 bits per heavy atom. The van der Waals surface area contributed by atoms with Crippen molar-refractivity contribution in [2.24, 2.45) is 0 Å². The highest BCUT2D eigenvalue weighted by Crippen LogP contribution is 2.25. The average molecular weight is 366 g/mol. The molecule has 0 unspecified atom stereocenters. The largest absolute Gasteiger partial charge is 0.496 e. The Hall–Kier alpha value is -3.15. The standard InChI is InChI=1S/C21H22N2O4/c1-27-18-8-7-17(14-16(18)13-15-5-3-2-4-6-15)22-19(24)11-12-23-20(25)9-10-21(23)26/h2-8,14H,9-13H2,1H3,(H,22,24). The van der Waals surface area contributed by atoms with Gasteiger partial charge in [-0.25, -0.2) is 0 Å². The minimum absolute atomic E-state index is 0.0809. The van der Waals surface area contributed by atoms with Gasteiger partial charge in [0.1, 0.15) is 5.75 Å². The van der Waals surface area contributed by atoms with E-state index < -0.39 is 0 Å². The first-order valence-corrected chi connectivity index (χ1v) is 8.90. The summed E-state index contributed by atoms with van der Waals surface area (Å²) in [6.45, 7) is 0.122. The van der Waals surface area contributed by atoms with E-state index >= 15 is 0 Å². The molecule has 140 valence electrons. The quantitative estimate of drug-likeness (QED) is 0.765. The van der Waals surface area contributed by atoms with Crippen LogP contribution in [0.4, 0.5) is 5.69 Å². The number of nitrogens with one attached hydrogen (secondary N) is 1. The second kappa shape index (κ2) is 8.49. The van der Waals surface area contributed by atoms with Gasteiger partial charge in [-0.15, -0.1) is 0 Å². The van der Waals surface area contributed by atoms with Crippen molar-refractivity contribution in [1.29, 1.82) is 0 Å². The third-order valence-corrected chi connectivity index (χ3v) is 4.52. The number of rotatable bonds is 7. The Morgan fingerprint density at radius 3 is 2.44 bits per heavy atom. The maximum absolute atomic E-state index is 12.2. The highest BCUT2D eigenvalue weighted by molar-refractivity contribution is 6.02. The predicted molar refractivity (Wildman–Crippen MR) is 101 cm³/mol. The van der Waals surface area contributed by atoms with Crippen LogP contribution < -0.4 is 10.1 Å². The molecule has 1 aliphatic rings. The molecule has 0 spiro atoms. The molecule has 1 N–H and O–H groups in total. The molecular weight excluding hydrogens is 344 g/mol. The fourth-order valence-corrected chi connectivity index (χ4v) is 3.12. The number of methoxy groups -OCH3 is 1. The molecule has 0 bridgehead atoms. The van der Waals surface area contributed by atoms with Gasteiger partial charge in [0.15, 0.2) is 0 Å². The smallest absolute Gasteiger partial charge is 0.229 e. The fraction of sp³-hybridized carbons (Fsp3) is 0.286. The molecule has 2 aromatic rings. The molecule has 6 nitrogen and oxygen atoms in total. The van der Waals surface area contributed by atoms with Gasteiger partial charge in [0.25, 0.3) is 0 Å². The van der Waals surface area contributed by atoms with Crippen molar-refractivity contribution in [2.45, 2.75) is 25.7 Å². The van der Waals surface area contributed by atoms with Gasteiger partial charge in [-0.3, -0.25) is 19.3 Å². The molecule has 1 saturated heterocycles. The normalized spacial score (nSPS) is 13.7. The number of imide groups is 1. The lowest BCUT2D eigenvalue weighted by Gasteiger charge is -2.14. The second-order valence-corrected chi connectivity index (χ2v) is 6.43. The molecule has 0 atom stereocenters. The van der Waals surface area contributed by atoms with E-state index in [1.807, 2.05) is 42.5 Å². The van der Waals surface area contributed by atoms with E-state index in [1.54, 1.807) is 13.2 Å². The molecule has 0 aromatic heterocycles. The zero-order valence-electron chi connectivity index (χ0n) is 15.2. The second-order valence-electron chi connectivity index (χ2n) is 6.43. The average Bonchev–Trinajstić information content (AvgIpc) is 2.99. The lowest BCUT2D eigenvalue weighted by atomic mass is 10.0. The third kappa shape index (κ3) is 4.73. The number of carbonyl (C=O) groups excluding carboxylic acids is 3. The molecule has 0 saturated carbocycles. The lowest BCUT2D eigenvalue weighted by Crippen LogP contribution is -2.32. The van der Waals surface area contributed by atoms with Crippen molar-refractivity contribution < 1.29 is 19.1 Å². The van der Waals surface area contributed by atoms with Gasteiger partial charge >= 0.3 is 0 Å². The maximum atomic E-state index is 12.2. The Balaban J connectivity index is 1.64. The zero-order chi connectivity index (χ0) is 19.2. The van der Waals surface area contributed by atoms with E-state index in [9.17, 15) is 14.4 Å². The third-order valence-electron chi connectivity index (χ3n) is 4.52. The molecule has 1 heterocycles. The van der Waals surface area contributed by atoms with Gasteiger partial charge in [0.05, 0.1) is 7.11 Å². The van der Waals surface area contributed by atoms with Crippen molar-refractivity contribution in [3.8, 4) is 5.75 Å². The van der Waals surface area contributed by atoms with Crippen molar-refractivity contribution in [3.63, 3.8) is 0 Å². The van der Waals surface area contributed by atoms with E-state index in [-0.39, 0.29) is 43.5 Å². The van der Waals surface area contributed by atoms with Gasteiger partial charge in [-0.2, -0.15) is 0 Å². The molecule has 3 rings (SSSR count). The van der Waals surface area contributed by atoms with Crippen molar-refractivity contribution >= 4 is 23.4 Å². The first-order valence-electron chi connectivity index (χ1n) is 8.90. The Kier molecular flexibility index (Phi) is 5.86. The summed E-state index contributed by atoms with van der Waals surface area (Å²) in [5.74, 6) is 0.105. The van der Waals surface area contributed by atoms with Crippen LogP contribution in [-0.2, 0) is 20.8 Å². The Labute approximate surface area is 158 Å². The van der Waals surface area contributed by atoms with Gasteiger partial charge < -0.3 is 10.1 Å². The molecule has 27 heavy (non-hydrogen) atoms. The first-order chi connectivity index (χ1) is 13.1. The van der Waals surface area contributed by atoms with Gasteiger partial charge in [0, 0.05) is 43.5 Å². The van der Waals surface area contributed by atoms with Crippen LogP contribution in [0, 0.1) is 0 Å². The van der Waals surface area contributed by atoms with E-state index in [4.69, 9.17) is 4.74 Å². The number of carbonyl (C=O) groups is 3. The van der Waals surface area contributed by atoms with Gasteiger partial charge in [0.2, 0.25) is 17.7 Å². The number of benzene rings is 2. The molecule has 1 fully saturated rings. The number of hydrogen-bond donors (Lipinski definition) is 1.